The van der Waals surface area contributed by atoms with Crippen molar-refractivity contribution in [3.8, 4) is 5.82 Å². The summed E-state index contributed by atoms with van der Waals surface area (Å²) in [5, 5.41) is 0. The molecule has 1 aliphatic rings. The Balaban J connectivity index is 2.07. The summed E-state index contributed by atoms with van der Waals surface area (Å²) >= 11 is 0. The average molecular weight is 328 g/mol. The molecular formula is C17H20N4O3. The van der Waals surface area contributed by atoms with Gasteiger partial charge in [0.25, 0.3) is 5.56 Å². The van der Waals surface area contributed by atoms with Gasteiger partial charge in [0.2, 0.25) is 0 Å². The van der Waals surface area contributed by atoms with Gasteiger partial charge in [-0.2, -0.15) is 0 Å². The molecule has 2 heterocycles. The molecule has 0 bridgehead atoms. The molecule has 0 aliphatic heterocycles. The Kier molecular flexibility index (Phi) is 4.44. The van der Waals surface area contributed by atoms with Crippen LogP contribution in [-0.4, -0.2) is 26.4 Å². The van der Waals surface area contributed by atoms with E-state index >= 15 is 0 Å². The molecule has 0 amide bonds. The standard InChI is InChI=1S/C17H20N4O3/c1-20-14-5-3-2-4-13(14)16(23)21(17(20)24)15-7-6-11(9-19-15)8-12(18)10-22/h6-7,9-10,12H,2-5,8,18H2,1H3/t12-/m0/s1. The molecule has 0 saturated heterocycles. The fourth-order valence-electron chi connectivity index (χ4n) is 3.17. The zero-order valence-corrected chi connectivity index (χ0v) is 13.6. The summed E-state index contributed by atoms with van der Waals surface area (Å²) < 4.78 is 2.67. The van der Waals surface area contributed by atoms with Crippen LogP contribution in [-0.2, 0) is 31.1 Å². The van der Waals surface area contributed by atoms with E-state index in [2.05, 4.69) is 4.98 Å². The molecular weight excluding hydrogens is 308 g/mol. The molecule has 1 atom stereocenters. The fourth-order valence-corrected chi connectivity index (χ4v) is 3.17. The zero-order chi connectivity index (χ0) is 17.3. The molecule has 2 aromatic rings. The maximum Gasteiger partial charge on any atom is 0.336 e. The Hall–Kier alpha value is -2.54. The van der Waals surface area contributed by atoms with Gasteiger partial charge < -0.3 is 10.5 Å². The van der Waals surface area contributed by atoms with Gasteiger partial charge in [0.15, 0.2) is 0 Å². The SMILES string of the molecule is Cn1c2c(c(=O)n(-c3ccc(C[C@H](N)C=O)cn3)c1=O)CCCC2. The number of rotatable bonds is 4. The Morgan fingerprint density at radius 2 is 2.04 bits per heavy atom. The van der Waals surface area contributed by atoms with E-state index in [1.165, 1.54) is 0 Å². The van der Waals surface area contributed by atoms with E-state index in [0.717, 1.165) is 35.1 Å². The molecule has 1 aliphatic carbocycles. The molecule has 2 aromatic heterocycles. The number of nitrogens with zero attached hydrogens (tertiary/aromatic N) is 3. The van der Waals surface area contributed by atoms with Crippen LogP contribution in [0.5, 0.6) is 0 Å². The maximum atomic E-state index is 12.7. The highest BCUT2D eigenvalue weighted by Crippen LogP contribution is 2.16. The van der Waals surface area contributed by atoms with Crippen LogP contribution in [0.15, 0.2) is 27.9 Å². The molecule has 7 heteroatoms. The van der Waals surface area contributed by atoms with E-state index in [-0.39, 0.29) is 17.1 Å². The Labute approximate surface area is 138 Å². The molecule has 0 aromatic carbocycles. The summed E-state index contributed by atoms with van der Waals surface area (Å²) in [6.07, 6.45) is 5.99. The molecule has 7 nitrogen and oxygen atoms in total. The van der Waals surface area contributed by atoms with Gasteiger partial charge in [0.05, 0.1) is 6.04 Å². The van der Waals surface area contributed by atoms with Crippen LogP contribution in [0.4, 0.5) is 0 Å². The van der Waals surface area contributed by atoms with Crippen LogP contribution in [0.2, 0.25) is 0 Å². The van der Waals surface area contributed by atoms with Gasteiger partial charge in [-0.1, -0.05) is 6.07 Å². The number of aromatic nitrogens is 3. The topological polar surface area (TPSA) is 100.0 Å². The molecule has 0 radical (unpaired) electrons. The molecule has 3 rings (SSSR count). The van der Waals surface area contributed by atoms with Gasteiger partial charge in [-0.15, -0.1) is 0 Å². The van der Waals surface area contributed by atoms with Crippen molar-refractivity contribution in [2.75, 3.05) is 0 Å². The van der Waals surface area contributed by atoms with Crippen LogP contribution in [0.3, 0.4) is 0 Å². The highest BCUT2D eigenvalue weighted by molar-refractivity contribution is 5.57. The van der Waals surface area contributed by atoms with Crippen molar-refractivity contribution >= 4 is 6.29 Å². The summed E-state index contributed by atoms with van der Waals surface area (Å²) in [5.74, 6) is 0.289. The molecule has 0 fully saturated rings. The van der Waals surface area contributed by atoms with Crippen molar-refractivity contribution < 1.29 is 4.79 Å². The molecule has 0 unspecified atom stereocenters. The van der Waals surface area contributed by atoms with Crippen LogP contribution < -0.4 is 17.0 Å². The molecule has 126 valence electrons. The first-order valence-electron chi connectivity index (χ1n) is 8.03. The third kappa shape index (κ3) is 2.82. The Bertz CT molecular complexity index is 880. The maximum absolute atomic E-state index is 12.7. The first-order valence-corrected chi connectivity index (χ1v) is 8.03. The van der Waals surface area contributed by atoms with Crippen LogP contribution >= 0.6 is 0 Å². The minimum atomic E-state index is -0.586. The van der Waals surface area contributed by atoms with Gasteiger partial charge in [-0.3, -0.25) is 9.36 Å². The lowest BCUT2D eigenvalue weighted by molar-refractivity contribution is -0.108. The Morgan fingerprint density at radius 3 is 2.71 bits per heavy atom. The number of pyridine rings is 1. The number of nitrogens with two attached hydrogens (primary N) is 1. The molecule has 2 N–H and O–H groups in total. The average Bonchev–Trinajstić information content (AvgIpc) is 2.61. The largest absolute Gasteiger partial charge is 0.336 e. The number of aldehydes is 1. The second-order valence-electron chi connectivity index (χ2n) is 6.14. The van der Waals surface area contributed by atoms with Gasteiger partial charge in [-0.05, 0) is 43.7 Å². The van der Waals surface area contributed by atoms with Gasteiger partial charge in [0.1, 0.15) is 12.1 Å². The predicted molar refractivity (Wildman–Crippen MR) is 89.5 cm³/mol. The van der Waals surface area contributed by atoms with Crippen molar-refractivity contribution in [1.29, 1.82) is 0 Å². The first-order chi connectivity index (χ1) is 11.5. The minimum Gasteiger partial charge on any atom is -0.321 e. The molecule has 0 spiro atoms. The van der Waals surface area contributed by atoms with Crippen LogP contribution in [0, 0.1) is 0 Å². The second kappa shape index (κ2) is 6.52. The highest BCUT2D eigenvalue weighted by Gasteiger charge is 2.21. The summed E-state index contributed by atoms with van der Waals surface area (Å²) in [6.45, 7) is 0. The predicted octanol–water partition coefficient (Wildman–Crippen LogP) is -0.121. The van der Waals surface area contributed by atoms with Crippen molar-refractivity contribution in [2.45, 2.75) is 38.1 Å². The highest BCUT2D eigenvalue weighted by atomic mass is 16.2. The van der Waals surface area contributed by atoms with Crippen molar-refractivity contribution in [3.63, 3.8) is 0 Å². The van der Waals surface area contributed by atoms with Crippen LogP contribution in [0.25, 0.3) is 5.82 Å². The monoisotopic (exact) mass is 328 g/mol. The summed E-state index contributed by atoms with van der Waals surface area (Å²) in [7, 11) is 1.69. The van der Waals surface area contributed by atoms with Crippen molar-refractivity contribution in [1.82, 2.24) is 14.1 Å². The van der Waals surface area contributed by atoms with Gasteiger partial charge in [0, 0.05) is 24.5 Å². The quantitative estimate of drug-likeness (QED) is 0.789. The van der Waals surface area contributed by atoms with Crippen molar-refractivity contribution in [3.05, 3.63) is 56.0 Å². The number of hydrogen-bond donors (Lipinski definition) is 1. The van der Waals surface area contributed by atoms with E-state index in [1.807, 2.05) is 0 Å². The summed E-state index contributed by atoms with van der Waals surface area (Å²) in [4.78, 5) is 40.2. The van der Waals surface area contributed by atoms with E-state index in [4.69, 9.17) is 5.73 Å². The lowest BCUT2D eigenvalue weighted by Gasteiger charge is -2.20. The minimum absolute atomic E-state index is 0.280. The number of fused-ring (bicyclic) bond motifs is 1. The normalized spacial score (nSPS) is 14.9. The summed E-state index contributed by atoms with van der Waals surface area (Å²) in [5.41, 5.74) is 7.25. The second-order valence-corrected chi connectivity index (χ2v) is 6.14. The lowest BCUT2D eigenvalue weighted by Crippen LogP contribution is -2.43. The third-order valence-corrected chi connectivity index (χ3v) is 4.47. The Morgan fingerprint density at radius 1 is 1.29 bits per heavy atom. The number of hydrogen-bond acceptors (Lipinski definition) is 5. The number of carbonyl (C=O) groups is 1. The third-order valence-electron chi connectivity index (χ3n) is 4.47. The lowest BCUT2D eigenvalue weighted by atomic mass is 9.97. The van der Waals surface area contributed by atoms with Crippen molar-refractivity contribution in [2.24, 2.45) is 12.8 Å². The van der Waals surface area contributed by atoms with Crippen LogP contribution in [0.1, 0.15) is 29.7 Å². The van der Waals surface area contributed by atoms with Gasteiger partial charge in [-0.25, -0.2) is 14.3 Å². The van der Waals surface area contributed by atoms with E-state index in [9.17, 15) is 14.4 Å². The van der Waals surface area contributed by atoms with Gasteiger partial charge >= 0.3 is 5.69 Å². The summed E-state index contributed by atoms with van der Waals surface area (Å²) in [6, 6.07) is 2.76. The van der Waals surface area contributed by atoms with E-state index in [1.54, 1.807) is 29.9 Å². The van der Waals surface area contributed by atoms with E-state index < -0.39 is 6.04 Å². The zero-order valence-electron chi connectivity index (χ0n) is 13.6. The molecule has 0 saturated carbocycles. The smallest absolute Gasteiger partial charge is 0.321 e. The fraction of sp³-hybridized carbons (Fsp3) is 0.412. The first kappa shape index (κ1) is 16.3. The number of carbonyl (C=O) groups excluding carboxylic acids is 1. The van der Waals surface area contributed by atoms with E-state index in [0.29, 0.717) is 24.7 Å². The molecule has 24 heavy (non-hydrogen) atoms.